The third-order valence-corrected chi connectivity index (χ3v) is 4.82. The lowest BCUT2D eigenvalue weighted by Gasteiger charge is -2.32. The first-order chi connectivity index (χ1) is 9.04. The fourth-order valence-corrected chi connectivity index (χ4v) is 3.05. The van der Waals surface area contributed by atoms with E-state index in [4.69, 9.17) is 0 Å². The Bertz CT molecular complexity index is 227. The minimum atomic E-state index is 0.694. The summed E-state index contributed by atoms with van der Waals surface area (Å²) in [5, 5.41) is 3.75. The second-order valence-corrected chi connectivity index (χ2v) is 6.97. The molecule has 3 unspecified atom stereocenters. The first-order valence-electron chi connectivity index (χ1n) is 8.52. The van der Waals surface area contributed by atoms with Crippen LogP contribution in [0.15, 0.2) is 0 Å². The highest BCUT2D eigenvalue weighted by molar-refractivity contribution is 4.82. The van der Waals surface area contributed by atoms with Crippen molar-refractivity contribution >= 4 is 0 Å². The molecule has 0 aromatic heterocycles. The van der Waals surface area contributed by atoms with E-state index < -0.39 is 0 Å². The molecule has 1 aliphatic heterocycles. The van der Waals surface area contributed by atoms with Crippen LogP contribution < -0.4 is 5.32 Å². The molecule has 0 amide bonds. The Morgan fingerprint density at radius 1 is 1.16 bits per heavy atom. The van der Waals surface area contributed by atoms with Crippen LogP contribution in [0.4, 0.5) is 0 Å². The first kappa shape index (κ1) is 17.0. The second-order valence-electron chi connectivity index (χ2n) is 6.97. The summed E-state index contributed by atoms with van der Waals surface area (Å²) in [6, 6.07) is 1.45. The van der Waals surface area contributed by atoms with Gasteiger partial charge in [0, 0.05) is 18.6 Å². The number of nitrogens with one attached hydrogen (secondary N) is 1. The van der Waals surface area contributed by atoms with Crippen molar-refractivity contribution in [1.29, 1.82) is 0 Å². The fraction of sp³-hybridized carbons (Fsp3) is 1.00. The highest BCUT2D eigenvalue weighted by Crippen LogP contribution is 2.17. The van der Waals surface area contributed by atoms with Gasteiger partial charge in [-0.05, 0) is 44.7 Å². The van der Waals surface area contributed by atoms with Gasteiger partial charge in [0.05, 0.1) is 0 Å². The molecule has 0 bridgehead atoms. The van der Waals surface area contributed by atoms with Gasteiger partial charge in [0.2, 0.25) is 0 Å². The molecule has 2 heteroatoms. The molecule has 19 heavy (non-hydrogen) atoms. The van der Waals surface area contributed by atoms with Crippen molar-refractivity contribution in [3.05, 3.63) is 0 Å². The Kier molecular flexibility index (Phi) is 8.01. The van der Waals surface area contributed by atoms with Crippen LogP contribution in [0.25, 0.3) is 0 Å². The summed E-state index contributed by atoms with van der Waals surface area (Å²) < 4.78 is 0. The number of nitrogens with zero attached hydrogens (tertiary/aromatic N) is 1. The Labute approximate surface area is 121 Å². The molecule has 114 valence electrons. The van der Waals surface area contributed by atoms with Crippen LogP contribution in [0.1, 0.15) is 66.7 Å². The average Bonchev–Trinajstić information content (AvgIpc) is 2.63. The van der Waals surface area contributed by atoms with Gasteiger partial charge in [-0.25, -0.2) is 0 Å². The predicted molar refractivity (Wildman–Crippen MR) is 85.6 cm³/mol. The largest absolute Gasteiger partial charge is 0.312 e. The standard InChI is InChI=1S/C17H36N2/c1-6-15(4)17-13-19(12-8-11-18-17)16(5)10-7-9-14(2)3/h14-18H,6-13H2,1-5H3. The molecule has 0 aromatic carbocycles. The molecule has 1 heterocycles. The topological polar surface area (TPSA) is 15.3 Å². The summed E-state index contributed by atoms with van der Waals surface area (Å²) >= 11 is 0. The minimum absolute atomic E-state index is 0.694. The Morgan fingerprint density at radius 2 is 1.89 bits per heavy atom. The fourth-order valence-electron chi connectivity index (χ4n) is 3.05. The van der Waals surface area contributed by atoms with Gasteiger partial charge in [-0.15, -0.1) is 0 Å². The maximum Gasteiger partial charge on any atom is 0.0220 e. The zero-order valence-electron chi connectivity index (χ0n) is 13.9. The molecule has 0 radical (unpaired) electrons. The predicted octanol–water partition coefficient (Wildman–Crippen LogP) is 3.91. The summed E-state index contributed by atoms with van der Waals surface area (Å²) in [7, 11) is 0. The zero-order chi connectivity index (χ0) is 14.3. The Hall–Kier alpha value is -0.0800. The SMILES string of the molecule is CCC(C)C1CN(C(C)CCCC(C)C)CCCN1. The van der Waals surface area contributed by atoms with E-state index in [0.717, 1.165) is 17.9 Å². The van der Waals surface area contributed by atoms with Crippen LogP contribution in [0, 0.1) is 11.8 Å². The van der Waals surface area contributed by atoms with Gasteiger partial charge in [0.1, 0.15) is 0 Å². The third kappa shape index (κ3) is 6.27. The third-order valence-electron chi connectivity index (χ3n) is 4.82. The lowest BCUT2D eigenvalue weighted by molar-refractivity contribution is 0.176. The van der Waals surface area contributed by atoms with Crippen LogP contribution in [0.2, 0.25) is 0 Å². The van der Waals surface area contributed by atoms with Crippen LogP contribution in [0.3, 0.4) is 0 Å². The maximum absolute atomic E-state index is 3.75. The monoisotopic (exact) mass is 268 g/mol. The lowest BCUT2D eigenvalue weighted by atomic mass is 9.97. The van der Waals surface area contributed by atoms with Gasteiger partial charge < -0.3 is 5.32 Å². The summed E-state index contributed by atoms with van der Waals surface area (Å²) in [6.07, 6.45) is 6.72. The van der Waals surface area contributed by atoms with Crippen molar-refractivity contribution in [2.24, 2.45) is 11.8 Å². The van der Waals surface area contributed by atoms with E-state index in [1.165, 1.54) is 51.7 Å². The van der Waals surface area contributed by atoms with E-state index in [1.807, 2.05) is 0 Å². The summed E-state index contributed by atoms with van der Waals surface area (Å²) in [6.45, 7) is 15.5. The number of hydrogen-bond donors (Lipinski definition) is 1. The molecule has 1 rings (SSSR count). The molecule has 1 saturated heterocycles. The quantitative estimate of drug-likeness (QED) is 0.753. The van der Waals surface area contributed by atoms with E-state index in [2.05, 4.69) is 44.8 Å². The van der Waals surface area contributed by atoms with Crippen LogP contribution in [-0.2, 0) is 0 Å². The van der Waals surface area contributed by atoms with Gasteiger partial charge in [-0.1, -0.05) is 47.0 Å². The van der Waals surface area contributed by atoms with Crippen molar-refractivity contribution in [2.45, 2.75) is 78.8 Å². The number of hydrogen-bond acceptors (Lipinski definition) is 2. The molecule has 0 spiro atoms. The number of rotatable bonds is 7. The molecule has 0 saturated carbocycles. The maximum atomic E-state index is 3.75. The van der Waals surface area contributed by atoms with E-state index in [1.54, 1.807) is 0 Å². The summed E-state index contributed by atoms with van der Waals surface area (Å²) in [4.78, 5) is 2.73. The van der Waals surface area contributed by atoms with E-state index >= 15 is 0 Å². The van der Waals surface area contributed by atoms with E-state index in [-0.39, 0.29) is 0 Å². The van der Waals surface area contributed by atoms with Gasteiger partial charge in [0.15, 0.2) is 0 Å². The van der Waals surface area contributed by atoms with Gasteiger partial charge in [-0.3, -0.25) is 4.90 Å². The zero-order valence-corrected chi connectivity index (χ0v) is 13.9. The molecular formula is C17H36N2. The average molecular weight is 268 g/mol. The highest BCUT2D eigenvalue weighted by atomic mass is 15.2. The van der Waals surface area contributed by atoms with Crippen molar-refractivity contribution in [1.82, 2.24) is 10.2 Å². The molecule has 1 N–H and O–H groups in total. The van der Waals surface area contributed by atoms with Crippen LogP contribution in [-0.4, -0.2) is 36.6 Å². The first-order valence-corrected chi connectivity index (χ1v) is 8.52. The van der Waals surface area contributed by atoms with Gasteiger partial charge in [-0.2, -0.15) is 0 Å². The van der Waals surface area contributed by atoms with Gasteiger partial charge >= 0.3 is 0 Å². The van der Waals surface area contributed by atoms with Crippen LogP contribution in [0.5, 0.6) is 0 Å². The Balaban J connectivity index is 2.41. The van der Waals surface area contributed by atoms with Crippen molar-refractivity contribution in [2.75, 3.05) is 19.6 Å². The van der Waals surface area contributed by atoms with Crippen molar-refractivity contribution in [3.63, 3.8) is 0 Å². The molecule has 2 nitrogen and oxygen atoms in total. The Morgan fingerprint density at radius 3 is 2.53 bits per heavy atom. The van der Waals surface area contributed by atoms with Crippen molar-refractivity contribution in [3.8, 4) is 0 Å². The van der Waals surface area contributed by atoms with Crippen LogP contribution >= 0.6 is 0 Å². The van der Waals surface area contributed by atoms with E-state index in [9.17, 15) is 0 Å². The molecule has 0 aromatic rings. The minimum Gasteiger partial charge on any atom is -0.312 e. The lowest BCUT2D eigenvalue weighted by Crippen LogP contribution is -2.44. The summed E-state index contributed by atoms with van der Waals surface area (Å²) in [5.41, 5.74) is 0. The molecule has 1 fully saturated rings. The molecule has 3 atom stereocenters. The highest BCUT2D eigenvalue weighted by Gasteiger charge is 2.24. The summed E-state index contributed by atoms with van der Waals surface area (Å²) in [5.74, 6) is 1.65. The van der Waals surface area contributed by atoms with E-state index in [0.29, 0.717) is 6.04 Å². The molecule has 1 aliphatic rings. The normalized spacial score (nSPS) is 25.3. The smallest absolute Gasteiger partial charge is 0.0220 e. The molecule has 0 aliphatic carbocycles. The molecular weight excluding hydrogens is 232 g/mol. The van der Waals surface area contributed by atoms with Crippen molar-refractivity contribution < 1.29 is 0 Å². The second kappa shape index (κ2) is 8.97. The van der Waals surface area contributed by atoms with Gasteiger partial charge in [0.25, 0.3) is 0 Å².